The zero-order chi connectivity index (χ0) is 15.6. The highest BCUT2D eigenvalue weighted by atomic mass is 35.5. The minimum absolute atomic E-state index is 0.656. The zero-order valence-electron chi connectivity index (χ0n) is 11.9. The average Bonchev–Trinajstić information content (AvgIpc) is 3.26. The van der Waals surface area contributed by atoms with E-state index in [0.717, 1.165) is 32.1 Å². The molecule has 1 aromatic carbocycles. The summed E-state index contributed by atoms with van der Waals surface area (Å²) in [5.41, 5.74) is 1.12. The summed E-state index contributed by atoms with van der Waals surface area (Å²) in [5.74, 6) is 1.59. The SMILES string of the molecule is Clc1ccc(Cc2nnc3sc(C=Cc4ccco4)nn23)cc1. The Bertz CT molecular complexity index is 954. The Kier molecular flexibility index (Phi) is 3.69. The van der Waals surface area contributed by atoms with E-state index >= 15 is 0 Å². The number of fused-ring (bicyclic) bond motifs is 1. The van der Waals surface area contributed by atoms with Gasteiger partial charge in [-0.25, -0.2) is 0 Å². The predicted molar refractivity (Wildman–Crippen MR) is 90.6 cm³/mol. The minimum atomic E-state index is 0.656. The molecule has 0 spiro atoms. The molecule has 0 saturated heterocycles. The number of furan rings is 1. The first kappa shape index (κ1) is 14.2. The van der Waals surface area contributed by atoms with Crippen LogP contribution >= 0.6 is 22.9 Å². The van der Waals surface area contributed by atoms with E-state index in [1.807, 2.05) is 48.6 Å². The van der Waals surface area contributed by atoms with Gasteiger partial charge in [-0.05, 0) is 42.0 Å². The summed E-state index contributed by atoms with van der Waals surface area (Å²) in [4.78, 5) is 0.771. The Morgan fingerprint density at radius 1 is 1.13 bits per heavy atom. The quantitative estimate of drug-likeness (QED) is 0.558. The molecule has 3 heterocycles. The van der Waals surface area contributed by atoms with Gasteiger partial charge in [0.05, 0.1) is 6.26 Å². The Morgan fingerprint density at radius 2 is 2.00 bits per heavy atom. The van der Waals surface area contributed by atoms with Gasteiger partial charge in [-0.2, -0.15) is 9.61 Å². The van der Waals surface area contributed by atoms with E-state index in [-0.39, 0.29) is 0 Å². The molecule has 0 aliphatic rings. The first-order valence-electron chi connectivity index (χ1n) is 6.95. The highest BCUT2D eigenvalue weighted by Gasteiger charge is 2.11. The third kappa shape index (κ3) is 3.04. The minimum Gasteiger partial charge on any atom is -0.465 e. The van der Waals surface area contributed by atoms with Crippen LogP contribution in [-0.4, -0.2) is 19.8 Å². The number of rotatable bonds is 4. The lowest BCUT2D eigenvalue weighted by atomic mass is 10.1. The molecule has 23 heavy (non-hydrogen) atoms. The van der Waals surface area contributed by atoms with Crippen molar-refractivity contribution in [2.75, 3.05) is 0 Å². The molecule has 0 bridgehead atoms. The van der Waals surface area contributed by atoms with Crippen molar-refractivity contribution < 1.29 is 4.42 Å². The average molecular weight is 343 g/mol. The summed E-state index contributed by atoms with van der Waals surface area (Å²) in [6.07, 6.45) is 6.08. The van der Waals surface area contributed by atoms with Gasteiger partial charge >= 0.3 is 0 Å². The Morgan fingerprint density at radius 3 is 2.78 bits per heavy atom. The van der Waals surface area contributed by atoms with Crippen molar-refractivity contribution >= 4 is 40.1 Å². The van der Waals surface area contributed by atoms with Gasteiger partial charge in [0.25, 0.3) is 0 Å². The molecule has 3 aromatic heterocycles. The number of benzene rings is 1. The van der Waals surface area contributed by atoms with Gasteiger partial charge in [0.2, 0.25) is 4.96 Å². The van der Waals surface area contributed by atoms with Crippen molar-refractivity contribution in [2.45, 2.75) is 6.42 Å². The second-order valence-corrected chi connectivity index (χ2v) is 6.33. The zero-order valence-corrected chi connectivity index (χ0v) is 13.5. The highest BCUT2D eigenvalue weighted by Crippen LogP contribution is 2.19. The summed E-state index contributed by atoms with van der Waals surface area (Å²) in [6.45, 7) is 0. The highest BCUT2D eigenvalue weighted by molar-refractivity contribution is 7.17. The summed E-state index contributed by atoms with van der Waals surface area (Å²) in [5, 5.41) is 14.5. The molecule has 0 atom stereocenters. The molecule has 0 radical (unpaired) electrons. The number of hydrogen-bond acceptors (Lipinski definition) is 5. The maximum atomic E-state index is 5.91. The van der Waals surface area contributed by atoms with Crippen LogP contribution in [0.2, 0.25) is 5.02 Å². The van der Waals surface area contributed by atoms with E-state index < -0.39 is 0 Å². The number of halogens is 1. The van der Waals surface area contributed by atoms with Gasteiger partial charge < -0.3 is 4.42 Å². The molecule has 7 heteroatoms. The summed E-state index contributed by atoms with van der Waals surface area (Å²) < 4.78 is 7.05. The van der Waals surface area contributed by atoms with E-state index in [9.17, 15) is 0 Å². The van der Waals surface area contributed by atoms with Gasteiger partial charge in [-0.15, -0.1) is 10.2 Å². The smallest absolute Gasteiger partial charge is 0.234 e. The number of hydrogen-bond donors (Lipinski definition) is 0. The van der Waals surface area contributed by atoms with Gasteiger partial charge in [0.1, 0.15) is 10.8 Å². The van der Waals surface area contributed by atoms with Crippen LogP contribution < -0.4 is 0 Å². The molecule has 4 rings (SSSR count). The lowest BCUT2D eigenvalue weighted by molar-refractivity contribution is 0.557. The lowest BCUT2D eigenvalue weighted by Crippen LogP contribution is -1.97. The van der Waals surface area contributed by atoms with Crippen molar-refractivity contribution in [3.05, 3.63) is 69.8 Å². The van der Waals surface area contributed by atoms with Crippen LogP contribution in [0.25, 0.3) is 17.1 Å². The Balaban J connectivity index is 1.60. The Labute approximate surface area is 140 Å². The van der Waals surface area contributed by atoms with Crippen molar-refractivity contribution in [2.24, 2.45) is 0 Å². The maximum absolute atomic E-state index is 5.91. The molecule has 0 aliphatic heterocycles. The van der Waals surface area contributed by atoms with Gasteiger partial charge in [0.15, 0.2) is 5.82 Å². The van der Waals surface area contributed by atoms with Gasteiger partial charge in [0, 0.05) is 11.4 Å². The molecule has 0 aliphatic carbocycles. The van der Waals surface area contributed by atoms with Crippen molar-refractivity contribution in [1.29, 1.82) is 0 Å². The molecule has 0 amide bonds. The maximum Gasteiger partial charge on any atom is 0.234 e. The lowest BCUT2D eigenvalue weighted by Gasteiger charge is -1.98. The molecular weight excluding hydrogens is 332 g/mol. The fourth-order valence-electron chi connectivity index (χ4n) is 2.17. The van der Waals surface area contributed by atoms with Crippen LogP contribution in [0, 0.1) is 0 Å². The molecule has 114 valence electrons. The second-order valence-electron chi connectivity index (χ2n) is 4.90. The van der Waals surface area contributed by atoms with Crippen LogP contribution in [-0.2, 0) is 6.42 Å². The third-order valence-electron chi connectivity index (χ3n) is 3.28. The first-order chi connectivity index (χ1) is 11.3. The monoisotopic (exact) mass is 342 g/mol. The Hall–Kier alpha value is -2.44. The third-order valence-corrected chi connectivity index (χ3v) is 4.40. The largest absolute Gasteiger partial charge is 0.465 e. The fourth-order valence-corrected chi connectivity index (χ4v) is 3.06. The molecule has 4 aromatic rings. The molecule has 0 unspecified atom stereocenters. The van der Waals surface area contributed by atoms with E-state index in [0.29, 0.717) is 6.42 Å². The molecular formula is C16H11ClN4OS. The van der Waals surface area contributed by atoms with E-state index in [1.165, 1.54) is 11.3 Å². The first-order valence-corrected chi connectivity index (χ1v) is 8.14. The van der Waals surface area contributed by atoms with Crippen LogP contribution in [0.5, 0.6) is 0 Å². The standard InChI is InChI=1S/C16H11ClN4OS/c17-12-5-3-11(4-6-12)10-14-18-19-16-21(14)20-15(23-16)8-7-13-2-1-9-22-13/h1-9H,10H2. The number of nitrogens with zero attached hydrogens (tertiary/aromatic N) is 4. The topological polar surface area (TPSA) is 56.2 Å². The van der Waals surface area contributed by atoms with E-state index in [2.05, 4.69) is 15.3 Å². The molecule has 0 saturated carbocycles. The normalized spacial score (nSPS) is 11.7. The molecule has 0 N–H and O–H groups in total. The second kappa shape index (κ2) is 5.98. The van der Waals surface area contributed by atoms with E-state index in [4.69, 9.17) is 16.0 Å². The summed E-state index contributed by atoms with van der Waals surface area (Å²) in [6, 6.07) is 11.4. The molecule has 5 nitrogen and oxygen atoms in total. The summed E-state index contributed by atoms with van der Waals surface area (Å²) >= 11 is 7.39. The van der Waals surface area contributed by atoms with Crippen molar-refractivity contribution in [3.63, 3.8) is 0 Å². The predicted octanol–water partition coefficient (Wildman–Crippen LogP) is 4.19. The fraction of sp³-hybridized carbons (Fsp3) is 0.0625. The van der Waals surface area contributed by atoms with Crippen LogP contribution in [0.4, 0.5) is 0 Å². The molecule has 0 fully saturated rings. The van der Waals surface area contributed by atoms with Crippen molar-refractivity contribution in [3.8, 4) is 0 Å². The van der Waals surface area contributed by atoms with Crippen molar-refractivity contribution in [1.82, 2.24) is 19.8 Å². The van der Waals surface area contributed by atoms with Crippen LogP contribution in [0.15, 0.2) is 47.1 Å². The summed E-state index contributed by atoms with van der Waals surface area (Å²) in [7, 11) is 0. The van der Waals surface area contributed by atoms with Gasteiger partial charge in [-0.3, -0.25) is 0 Å². The van der Waals surface area contributed by atoms with Crippen LogP contribution in [0.1, 0.15) is 22.2 Å². The van der Waals surface area contributed by atoms with E-state index in [1.54, 1.807) is 10.8 Å². The van der Waals surface area contributed by atoms with Gasteiger partial charge in [-0.1, -0.05) is 35.1 Å². The number of aromatic nitrogens is 4. The van der Waals surface area contributed by atoms with Crippen LogP contribution in [0.3, 0.4) is 0 Å².